The van der Waals surface area contributed by atoms with Crippen molar-refractivity contribution in [1.29, 1.82) is 0 Å². The van der Waals surface area contributed by atoms with Crippen LogP contribution in [0.5, 0.6) is 11.5 Å². The first-order valence-corrected chi connectivity index (χ1v) is 12.6. The topological polar surface area (TPSA) is 127 Å². The fourth-order valence-electron chi connectivity index (χ4n) is 2.82. The van der Waals surface area contributed by atoms with E-state index in [1.165, 1.54) is 30.5 Å². The number of carbonyl (C=O) groups is 3. The number of amides is 3. The van der Waals surface area contributed by atoms with Gasteiger partial charge in [-0.2, -0.15) is 5.10 Å². The summed E-state index contributed by atoms with van der Waals surface area (Å²) in [5.41, 5.74) is 3.19. The first kappa shape index (κ1) is 30.0. The van der Waals surface area contributed by atoms with Crippen molar-refractivity contribution in [3.63, 3.8) is 0 Å². The van der Waals surface area contributed by atoms with Gasteiger partial charge >= 0.3 is 11.8 Å². The quantitative estimate of drug-likeness (QED) is 0.103. The zero-order valence-corrected chi connectivity index (χ0v) is 23.0. The summed E-state index contributed by atoms with van der Waals surface area (Å²) in [7, 11) is 0. The molecule has 0 bridgehead atoms. The molecule has 0 aliphatic heterocycles. The van der Waals surface area contributed by atoms with Crippen LogP contribution in [0.4, 0.5) is 10.1 Å². The lowest BCUT2D eigenvalue weighted by Gasteiger charge is -2.14. The summed E-state index contributed by atoms with van der Waals surface area (Å²) in [4.78, 5) is 36.0. The molecule has 2 rings (SSSR count). The highest BCUT2D eigenvalue weighted by Crippen LogP contribution is 2.34. The first-order valence-electron chi connectivity index (χ1n) is 11.6. The summed E-state index contributed by atoms with van der Waals surface area (Å²) in [5.74, 6) is -1.79. The molecular weight excluding hydrogens is 598 g/mol. The Kier molecular flexibility index (Phi) is 12.8. The molecule has 3 N–H and O–H groups in total. The van der Waals surface area contributed by atoms with E-state index in [0.717, 1.165) is 0 Å². The first-order chi connectivity index (χ1) is 17.7. The predicted molar refractivity (Wildman–Crippen MR) is 145 cm³/mol. The summed E-state index contributed by atoms with van der Waals surface area (Å²) < 4.78 is 30.3. The second kappa shape index (κ2) is 15.8. The van der Waals surface area contributed by atoms with Crippen molar-refractivity contribution in [3.8, 4) is 11.5 Å². The van der Waals surface area contributed by atoms with Gasteiger partial charge < -0.3 is 24.8 Å². The third-order valence-electron chi connectivity index (χ3n) is 4.45. The number of benzene rings is 2. The minimum atomic E-state index is -0.895. The zero-order valence-electron chi connectivity index (χ0n) is 20.8. The molecule has 0 atom stereocenters. The van der Waals surface area contributed by atoms with E-state index < -0.39 is 23.5 Å². The number of nitrogens with one attached hydrogen (secondary N) is 3. The average Bonchev–Trinajstić information content (AvgIpc) is 2.84. The highest BCUT2D eigenvalue weighted by molar-refractivity contribution is 14.1. The van der Waals surface area contributed by atoms with Gasteiger partial charge in [0.2, 0.25) is 0 Å². The molecule has 0 aliphatic carbocycles. The maximum absolute atomic E-state index is 13.0. The summed E-state index contributed by atoms with van der Waals surface area (Å²) in [5, 5.41) is 8.94. The normalized spacial score (nSPS) is 10.9. The van der Waals surface area contributed by atoms with E-state index >= 15 is 0 Å². The molecule has 0 aromatic heterocycles. The molecular formula is C25H30FIN4O6. The predicted octanol–water partition coefficient (Wildman–Crippen LogP) is 3.23. The molecule has 37 heavy (non-hydrogen) atoms. The lowest BCUT2D eigenvalue weighted by atomic mass is 10.2. The maximum atomic E-state index is 13.0. The molecule has 0 saturated heterocycles. The minimum absolute atomic E-state index is 0.104. The maximum Gasteiger partial charge on any atom is 0.329 e. The number of halogens is 2. The fourth-order valence-corrected chi connectivity index (χ4v) is 3.60. The van der Waals surface area contributed by atoms with E-state index in [1.807, 2.05) is 36.4 Å². The Morgan fingerprint density at radius 2 is 1.84 bits per heavy atom. The zero-order chi connectivity index (χ0) is 27.2. The Hall–Kier alpha value is -3.26. The van der Waals surface area contributed by atoms with Gasteiger partial charge in [0.15, 0.2) is 18.1 Å². The number of hydrazone groups is 1. The molecule has 0 fully saturated rings. The summed E-state index contributed by atoms with van der Waals surface area (Å²) in [6, 6.07) is 8.71. The van der Waals surface area contributed by atoms with Gasteiger partial charge in [-0.05, 0) is 91.7 Å². The third-order valence-corrected chi connectivity index (χ3v) is 5.25. The molecule has 2 aromatic carbocycles. The van der Waals surface area contributed by atoms with Gasteiger partial charge in [0, 0.05) is 18.8 Å². The molecule has 2 aromatic rings. The van der Waals surface area contributed by atoms with Gasteiger partial charge in [-0.25, -0.2) is 9.82 Å². The van der Waals surface area contributed by atoms with Crippen molar-refractivity contribution >= 4 is 52.2 Å². The van der Waals surface area contributed by atoms with Crippen LogP contribution in [-0.4, -0.2) is 56.4 Å². The standard InChI is InChI=1S/C25H30FIN4O6/c1-4-35-21-13-17(14-29-31-25(34)24(33)28-10-5-11-36-16(2)3)12-20(27)23(21)37-15-22(32)30-19-8-6-18(26)7-9-19/h6-9,12-14,16H,4-5,10-11,15H2,1-3H3,(H,28,33)(H,30,32)(H,31,34)/b29-14-. The van der Waals surface area contributed by atoms with Crippen molar-refractivity contribution in [2.75, 3.05) is 31.7 Å². The number of carbonyl (C=O) groups excluding carboxylic acids is 3. The van der Waals surface area contributed by atoms with Crippen molar-refractivity contribution < 1.29 is 33.0 Å². The molecule has 0 spiro atoms. The third kappa shape index (κ3) is 11.1. The summed E-state index contributed by atoms with van der Waals surface area (Å²) in [6.45, 7) is 6.47. The average molecular weight is 628 g/mol. The number of hydrogen-bond acceptors (Lipinski definition) is 7. The van der Waals surface area contributed by atoms with Gasteiger partial charge in [0.05, 0.1) is 22.5 Å². The Morgan fingerprint density at radius 1 is 1.11 bits per heavy atom. The second-order valence-corrected chi connectivity index (χ2v) is 9.00. The number of rotatable bonds is 13. The van der Waals surface area contributed by atoms with Crippen LogP contribution in [-0.2, 0) is 19.1 Å². The Balaban J connectivity index is 1.92. The number of ether oxygens (including phenoxy) is 3. The lowest BCUT2D eigenvalue weighted by molar-refractivity contribution is -0.139. The van der Waals surface area contributed by atoms with E-state index in [0.29, 0.717) is 52.5 Å². The fraction of sp³-hybridized carbons (Fsp3) is 0.360. The van der Waals surface area contributed by atoms with Gasteiger partial charge in [-0.3, -0.25) is 14.4 Å². The Labute approximate surface area is 228 Å². The van der Waals surface area contributed by atoms with Gasteiger partial charge in [0.25, 0.3) is 5.91 Å². The van der Waals surface area contributed by atoms with Crippen LogP contribution in [0, 0.1) is 9.39 Å². The van der Waals surface area contributed by atoms with Crippen LogP contribution in [0.3, 0.4) is 0 Å². The minimum Gasteiger partial charge on any atom is -0.490 e. The number of hydrogen-bond donors (Lipinski definition) is 3. The number of anilines is 1. The van der Waals surface area contributed by atoms with E-state index in [4.69, 9.17) is 14.2 Å². The monoisotopic (exact) mass is 628 g/mol. The van der Waals surface area contributed by atoms with Crippen LogP contribution in [0.2, 0.25) is 0 Å². The molecule has 3 amide bonds. The molecule has 0 saturated carbocycles. The smallest absolute Gasteiger partial charge is 0.329 e. The molecule has 12 heteroatoms. The van der Waals surface area contributed by atoms with Gasteiger partial charge in [0.1, 0.15) is 5.82 Å². The lowest BCUT2D eigenvalue weighted by Crippen LogP contribution is -2.38. The van der Waals surface area contributed by atoms with Crippen molar-refractivity contribution in [2.24, 2.45) is 5.10 Å². The van der Waals surface area contributed by atoms with Gasteiger partial charge in [-0.15, -0.1) is 0 Å². The molecule has 0 aliphatic rings. The van der Waals surface area contributed by atoms with Crippen LogP contribution in [0.25, 0.3) is 0 Å². The summed E-state index contributed by atoms with van der Waals surface area (Å²) >= 11 is 2.03. The van der Waals surface area contributed by atoms with Crippen LogP contribution in [0.15, 0.2) is 41.5 Å². The molecule has 0 unspecified atom stereocenters. The van der Waals surface area contributed by atoms with Crippen molar-refractivity contribution in [1.82, 2.24) is 10.7 Å². The van der Waals surface area contributed by atoms with Crippen molar-refractivity contribution in [2.45, 2.75) is 33.3 Å². The number of nitrogens with zero attached hydrogens (tertiary/aromatic N) is 1. The molecule has 0 radical (unpaired) electrons. The van der Waals surface area contributed by atoms with E-state index in [-0.39, 0.29) is 12.7 Å². The van der Waals surface area contributed by atoms with E-state index in [1.54, 1.807) is 19.1 Å². The molecule has 10 nitrogen and oxygen atoms in total. The highest BCUT2D eigenvalue weighted by atomic mass is 127. The van der Waals surface area contributed by atoms with E-state index in [2.05, 4.69) is 21.2 Å². The Morgan fingerprint density at radius 3 is 2.51 bits per heavy atom. The second-order valence-electron chi connectivity index (χ2n) is 7.83. The molecule has 200 valence electrons. The highest BCUT2D eigenvalue weighted by Gasteiger charge is 2.15. The summed E-state index contributed by atoms with van der Waals surface area (Å²) in [6.07, 6.45) is 2.05. The van der Waals surface area contributed by atoms with Crippen LogP contribution in [0.1, 0.15) is 32.8 Å². The largest absolute Gasteiger partial charge is 0.490 e. The van der Waals surface area contributed by atoms with Crippen LogP contribution >= 0.6 is 22.6 Å². The SMILES string of the molecule is CCOc1cc(/C=N\NC(=O)C(=O)NCCCOC(C)C)cc(I)c1OCC(=O)Nc1ccc(F)cc1. The van der Waals surface area contributed by atoms with Crippen LogP contribution < -0.4 is 25.5 Å². The van der Waals surface area contributed by atoms with E-state index in [9.17, 15) is 18.8 Å². The molecule has 0 heterocycles. The van der Waals surface area contributed by atoms with Gasteiger partial charge in [-0.1, -0.05) is 0 Å². The van der Waals surface area contributed by atoms with Crippen molar-refractivity contribution in [3.05, 3.63) is 51.3 Å². The Bertz CT molecular complexity index is 1100.